The van der Waals surface area contributed by atoms with Crippen molar-refractivity contribution in [1.82, 2.24) is 25.5 Å². The van der Waals surface area contributed by atoms with E-state index >= 15 is 0 Å². The first kappa shape index (κ1) is 17.1. The summed E-state index contributed by atoms with van der Waals surface area (Å²) in [5, 5.41) is 19.1. The minimum atomic E-state index is -0.995. The number of pyridine rings is 1. The molecule has 1 amide bonds. The first-order valence-electron chi connectivity index (χ1n) is 8.85. The van der Waals surface area contributed by atoms with Crippen LogP contribution < -0.4 is 5.32 Å². The molecule has 4 rings (SSSR count). The van der Waals surface area contributed by atoms with Gasteiger partial charge in [-0.3, -0.25) is 19.7 Å². The SMILES string of the molecule is C[C@@H](NC(=O)c1cc(C2CC2)nc2ccccc12)c1n[nH]c(CC(=O)O)n1. The van der Waals surface area contributed by atoms with E-state index in [0.29, 0.717) is 17.3 Å². The Morgan fingerprint density at radius 1 is 1.30 bits per heavy atom. The van der Waals surface area contributed by atoms with Crippen LogP contribution in [0.1, 0.15) is 59.4 Å². The van der Waals surface area contributed by atoms with Gasteiger partial charge in [0, 0.05) is 17.0 Å². The van der Waals surface area contributed by atoms with Crippen LogP contribution in [0.2, 0.25) is 0 Å². The Morgan fingerprint density at radius 2 is 2.07 bits per heavy atom. The maximum atomic E-state index is 12.9. The normalized spacial score (nSPS) is 14.9. The number of benzene rings is 1. The van der Waals surface area contributed by atoms with Gasteiger partial charge in [0.05, 0.1) is 17.1 Å². The van der Waals surface area contributed by atoms with Crippen LogP contribution in [0, 0.1) is 0 Å². The molecule has 0 radical (unpaired) electrons. The number of amides is 1. The lowest BCUT2D eigenvalue weighted by Gasteiger charge is -2.13. The molecule has 3 aromatic rings. The minimum absolute atomic E-state index is 0.229. The molecule has 1 aliphatic rings. The molecule has 0 spiro atoms. The molecule has 3 N–H and O–H groups in total. The number of aromatic nitrogens is 4. The molecule has 2 heterocycles. The molecule has 1 atom stereocenters. The molecule has 1 saturated carbocycles. The number of carboxylic acid groups (broad SMARTS) is 1. The Balaban J connectivity index is 1.59. The van der Waals surface area contributed by atoms with Crippen LogP contribution in [0.4, 0.5) is 0 Å². The van der Waals surface area contributed by atoms with E-state index in [9.17, 15) is 9.59 Å². The zero-order valence-electron chi connectivity index (χ0n) is 14.8. The summed E-state index contributed by atoms with van der Waals surface area (Å²) in [6.07, 6.45) is 1.96. The van der Waals surface area contributed by atoms with Crippen molar-refractivity contribution in [1.29, 1.82) is 0 Å². The fourth-order valence-corrected chi connectivity index (χ4v) is 3.04. The predicted octanol–water partition coefficient (Wildman–Crippen LogP) is 2.35. The van der Waals surface area contributed by atoms with Crippen molar-refractivity contribution in [2.24, 2.45) is 0 Å². The molecule has 0 unspecified atom stereocenters. The molecule has 138 valence electrons. The Hall–Kier alpha value is -3.29. The number of para-hydroxylation sites is 1. The van der Waals surface area contributed by atoms with Crippen LogP contribution in [0.5, 0.6) is 0 Å². The lowest BCUT2D eigenvalue weighted by Crippen LogP contribution is -2.28. The summed E-state index contributed by atoms with van der Waals surface area (Å²) in [4.78, 5) is 32.5. The minimum Gasteiger partial charge on any atom is -0.481 e. The van der Waals surface area contributed by atoms with Gasteiger partial charge >= 0.3 is 5.97 Å². The van der Waals surface area contributed by atoms with Crippen molar-refractivity contribution < 1.29 is 14.7 Å². The van der Waals surface area contributed by atoms with E-state index in [2.05, 4.69) is 25.5 Å². The zero-order valence-corrected chi connectivity index (χ0v) is 14.8. The predicted molar refractivity (Wildman–Crippen MR) is 97.3 cm³/mol. The van der Waals surface area contributed by atoms with E-state index in [0.717, 1.165) is 29.4 Å². The molecule has 2 aromatic heterocycles. The Morgan fingerprint density at radius 3 is 2.81 bits per heavy atom. The third kappa shape index (κ3) is 3.64. The van der Waals surface area contributed by atoms with Crippen molar-refractivity contribution in [3.8, 4) is 0 Å². The number of carbonyl (C=O) groups is 2. The van der Waals surface area contributed by atoms with Crippen LogP contribution in [0.3, 0.4) is 0 Å². The van der Waals surface area contributed by atoms with Crippen molar-refractivity contribution in [2.45, 2.75) is 38.1 Å². The summed E-state index contributed by atoms with van der Waals surface area (Å²) in [6.45, 7) is 1.76. The molecule has 8 heteroatoms. The first-order chi connectivity index (χ1) is 13.0. The molecule has 8 nitrogen and oxygen atoms in total. The highest BCUT2D eigenvalue weighted by Gasteiger charge is 2.27. The number of rotatable bonds is 6. The van der Waals surface area contributed by atoms with Crippen LogP contribution >= 0.6 is 0 Å². The van der Waals surface area contributed by atoms with E-state index in [1.807, 2.05) is 30.3 Å². The van der Waals surface area contributed by atoms with Gasteiger partial charge in [-0.15, -0.1) is 0 Å². The summed E-state index contributed by atoms with van der Waals surface area (Å²) in [5.41, 5.74) is 2.34. The number of aliphatic carboxylic acids is 1. The molecule has 1 fully saturated rings. The van der Waals surface area contributed by atoms with Gasteiger partial charge in [0.1, 0.15) is 12.2 Å². The molecule has 0 aliphatic heterocycles. The molecular weight excluding hydrogens is 346 g/mol. The van der Waals surface area contributed by atoms with Crippen LogP contribution in [0.15, 0.2) is 30.3 Å². The molecule has 0 saturated heterocycles. The van der Waals surface area contributed by atoms with Gasteiger partial charge in [0.2, 0.25) is 0 Å². The highest BCUT2D eigenvalue weighted by Crippen LogP contribution is 2.40. The summed E-state index contributed by atoms with van der Waals surface area (Å²) in [6, 6.07) is 9.00. The van der Waals surface area contributed by atoms with Crippen molar-refractivity contribution >= 4 is 22.8 Å². The average Bonchev–Trinajstić information content (AvgIpc) is 3.39. The summed E-state index contributed by atoms with van der Waals surface area (Å²) < 4.78 is 0. The smallest absolute Gasteiger partial charge is 0.311 e. The fraction of sp³-hybridized carbons (Fsp3) is 0.316. The third-order valence-electron chi connectivity index (χ3n) is 4.58. The zero-order chi connectivity index (χ0) is 19.0. The second-order valence-electron chi connectivity index (χ2n) is 6.79. The van der Waals surface area contributed by atoms with Gasteiger partial charge in [-0.05, 0) is 31.9 Å². The molecule has 1 aliphatic carbocycles. The third-order valence-corrected chi connectivity index (χ3v) is 4.58. The Kier molecular flexibility index (Phi) is 4.31. The number of hydrogen-bond donors (Lipinski definition) is 3. The van der Waals surface area contributed by atoms with Gasteiger partial charge in [-0.25, -0.2) is 4.98 Å². The second kappa shape index (κ2) is 6.79. The maximum Gasteiger partial charge on any atom is 0.311 e. The summed E-state index contributed by atoms with van der Waals surface area (Å²) in [7, 11) is 0. The fourth-order valence-electron chi connectivity index (χ4n) is 3.04. The number of nitrogens with zero attached hydrogens (tertiary/aromatic N) is 3. The van der Waals surface area contributed by atoms with Crippen LogP contribution in [-0.4, -0.2) is 37.1 Å². The lowest BCUT2D eigenvalue weighted by atomic mass is 10.0. The number of carbonyl (C=O) groups excluding carboxylic acids is 1. The molecule has 0 bridgehead atoms. The quantitative estimate of drug-likeness (QED) is 0.616. The van der Waals surface area contributed by atoms with Crippen LogP contribution in [0.25, 0.3) is 10.9 Å². The number of aromatic amines is 1. The average molecular weight is 365 g/mol. The van der Waals surface area contributed by atoms with Crippen LogP contribution in [-0.2, 0) is 11.2 Å². The molecule has 27 heavy (non-hydrogen) atoms. The van der Waals surface area contributed by atoms with Gasteiger partial charge in [-0.2, -0.15) is 5.10 Å². The number of hydrogen-bond acceptors (Lipinski definition) is 5. The number of H-pyrrole nitrogens is 1. The maximum absolute atomic E-state index is 12.9. The van der Waals surface area contributed by atoms with E-state index in [1.165, 1.54) is 0 Å². The van der Waals surface area contributed by atoms with Crippen molar-refractivity contribution in [3.05, 3.63) is 53.2 Å². The Bertz CT molecular complexity index is 1030. The monoisotopic (exact) mass is 365 g/mol. The number of nitrogens with one attached hydrogen (secondary N) is 2. The summed E-state index contributed by atoms with van der Waals surface area (Å²) in [5.74, 6) is -0.188. The highest BCUT2D eigenvalue weighted by atomic mass is 16.4. The molecular formula is C19H19N5O3. The second-order valence-corrected chi connectivity index (χ2v) is 6.79. The summed E-state index contributed by atoms with van der Waals surface area (Å²) >= 11 is 0. The van der Waals surface area contributed by atoms with Gasteiger partial charge in [-0.1, -0.05) is 18.2 Å². The highest BCUT2D eigenvalue weighted by molar-refractivity contribution is 6.06. The van der Waals surface area contributed by atoms with Gasteiger partial charge in [0.15, 0.2) is 5.82 Å². The van der Waals surface area contributed by atoms with E-state index < -0.39 is 12.0 Å². The van der Waals surface area contributed by atoms with Crippen molar-refractivity contribution in [3.63, 3.8) is 0 Å². The van der Waals surface area contributed by atoms with E-state index in [1.54, 1.807) is 6.92 Å². The standard InChI is InChI=1S/C19H19N5O3/c1-10(18-22-16(23-24-18)9-17(25)26)20-19(27)13-8-15(11-6-7-11)21-14-5-3-2-4-12(13)14/h2-5,8,10-11H,6-7,9H2,1H3,(H,20,27)(H,25,26)(H,22,23,24)/t10-/m1/s1. The first-order valence-corrected chi connectivity index (χ1v) is 8.85. The van der Waals surface area contributed by atoms with Gasteiger partial charge in [0.25, 0.3) is 5.91 Å². The van der Waals surface area contributed by atoms with E-state index in [4.69, 9.17) is 5.11 Å². The van der Waals surface area contributed by atoms with Gasteiger partial charge < -0.3 is 10.4 Å². The lowest BCUT2D eigenvalue weighted by molar-refractivity contribution is -0.136. The van der Waals surface area contributed by atoms with E-state index in [-0.39, 0.29) is 18.2 Å². The largest absolute Gasteiger partial charge is 0.481 e. The topological polar surface area (TPSA) is 121 Å². The molecule has 1 aromatic carbocycles. The van der Waals surface area contributed by atoms with Crippen molar-refractivity contribution in [2.75, 3.05) is 0 Å². The Labute approximate surface area is 155 Å². The number of carboxylic acids is 1. The number of fused-ring (bicyclic) bond motifs is 1.